The molecule has 8 bridgehead atoms. The topological polar surface area (TPSA) is 12.0 Å². The molecule has 7 aliphatic carbocycles. The maximum absolute atomic E-state index is 3.96. The summed E-state index contributed by atoms with van der Waals surface area (Å²) in [6, 6.07) is 0.890. The number of hydrogen-bond donors (Lipinski definition) is 1. The van der Waals surface area contributed by atoms with Gasteiger partial charge in [0.1, 0.15) is 0 Å². The SMILES string of the molecule is CC1CC2CCC1C1CC(C1)C1CC(CN1)C1CC2CC1C. The molecule has 0 amide bonds. The number of nitrogens with one attached hydrogen (secondary N) is 1. The van der Waals surface area contributed by atoms with E-state index in [-0.39, 0.29) is 0 Å². The average molecular weight is 302 g/mol. The fraction of sp³-hybridized carbons (Fsp3) is 1.00. The van der Waals surface area contributed by atoms with E-state index in [2.05, 4.69) is 19.2 Å². The summed E-state index contributed by atoms with van der Waals surface area (Å²) in [6.07, 6.45) is 12.5. The van der Waals surface area contributed by atoms with Crippen LogP contribution in [0, 0.1) is 53.3 Å². The monoisotopic (exact) mass is 301 g/mol. The van der Waals surface area contributed by atoms with Gasteiger partial charge in [-0.15, -0.1) is 0 Å². The van der Waals surface area contributed by atoms with Gasteiger partial charge in [-0.1, -0.05) is 13.8 Å². The third-order valence-corrected chi connectivity index (χ3v) is 9.11. The normalized spacial score (nSPS) is 60.3. The first-order chi connectivity index (χ1) is 10.7. The number of hydrogen-bond acceptors (Lipinski definition) is 1. The molecule has 22 heavy (non-hydrogen) atoms. The van der Waals surface area contributed by atoms with Crippen molar-refractivity contribution in [2.75, 3.05) is 6.54 Å². The van der Waals surface area contributed by atoms with E-state index in [0.717, 1.165) is 59.3 Å². The fourth-order valence-electron chi connectivity index (χ4n) is 7.83. The summed E-state index contributed by atoms with van der Waals surface area (Å²) in [5.74, 6) is 9.46. The van der Waals surface area contributed by atoms with E-state index < -0.39 is 0 Å². The lowest BCUT2D eigenvalue weighted by Gasteiger charge is -2.48. The molecule has 0 spiro atoms. The van der Waals surface area contributed by atoms with Crippen molar-refractivity contribution in [2.45, 2.75) is 71.3 Å². The van der Waals surface area contributed by atoms with Crippen LogP contribution >= 0.6 is 0 Å². The minimum absolute atomic E-state index is 0.890. The summed E-state index contributed by atoms with van der Waals surface area (Å²) in [5.41, 5.74) is 0. The predicted molar refractivity (Wildman–Crippen MR) is 91.5 cm³/mol. The summed E-state index contributed by atoms with van der Waals surface area (Å²) < 4.78 is 0. The zero-order chi connectivity index (χ0) is 14.8. The van der Waals surface area contributed by atoms with E-state index in [1.165, 1.54) is 13.0 Å². The van der Waals surface area contributed by atoms with Gasteiger partial charge >= 0.3 is 0 Å². The Bertz CT molecular complexity index is 426. The van der Waals surface area contributed by atoms with Gasteiger partial charge in [0, 0.05) is 6.04 Å². The van der Waals surface area contributed by atoms with Crippen LogP contribution in [0.15, 0.2) is 0 Å². The molecule has 0 radical (unpaired) electrons. The van der Waals surface area contributed by atoms with Crippen LogP contribution in [-0.4, -0.2) is 12.6 Å². The van der Waals surface area contributed by atoms with Gasteiger partial charge in [-0.3, -0.25) is 0 Å². The van der Waals surface area contributed by atoms with Crippen LogP contribution in [0.3, 0.4) is 0 Å². The standard InChI is InChI=1S/C21H35N/c1-12-5-14-3-4-19(12)16-7-17(8-16)21-10-18(11-22-21)20-9-15(14)6-13(20)2/h12-22H,3-11H2,1-2H3. The molecule has 1 N–H and O–H groups in total. The summed E-state index contributed by atoms with van der Waals surface area (Å²) in [7, 11) is 0. The molecule has 8 unspecified atom stereocenters. The molecule has 1 heterocycles. The van der Waals surface area contributed by atoms with Crippen molar-refractivity contribution >= 4 is 0 Å². The molecule has 1 saturated heterocycles. The zero-order valence-electron chi connectivity index (χ0n) is 14.6. The number of rotatable bonds is 0. The lowest BCUT2D eigenvalue weighted by molar-refractivity contribution is 0.0259. The first-order valence-corrected chi connectivity index (χ1v) is 10.4. The molecular weight excluding hydrogens is 266 g/mol. The van der Waals surface area contributed by atoms with Crippen LogP contribution in [-0.2, 0) is 0 Å². The lowest BCUT2D eigenvalue weighted by atomic mass is 9.58. The quantitative estimate of drug-likeness (QED) is 0.682. The van der Waals surface area contributed by atoms with Gasteiger partial charge < -0.3 is 5.32 Å². The molecule has 1 nitrogen and oxygen atoms in total. The van der Waals surface area contributed by atoms with E-state index in [1.807, 2.05) is 0 Å². The van der Waals surface area contributed by atoms with E-state index in [1.54, 1.807) is 44.9 Å². The third-order valence-electron chi connectivity index (χ3n) is 9.11. The van der Waals surface area contributed by atoms with Crippen molar-refractivity contribution in [2.24, 2.45) is 53.3 Å². The van der Waals surface area contributed by atoms with Crippen molar-refractivity contribution in [3.63, 3.8) is 0 Å². The molecule has 8 atom stereocenters. The van der Waals surface area contributed by atoms with Crippen molar-refractivity contribution < 1.29 is 0 Å². The smallest absolute Gasteiger partial charge is 0.00988 e. The molecule has 124 valence electrons. The summed E-state index contributed by atoms with van der Waals surface area (Å²) in [5, 5.41) is 3.96. The molecule has 8 aliphatic rings. The third kappa shape index (κ3) is 2.14. The van der Waals surface area contributed by atoms with Crippen molar-refractivity contribution in [3.05, 3.63) is 0 Å². The Labute approximate surface area is 137 Å². The van der Waals surface area contributed by atoms with Gasteiger partial charge in [0.15, 0.2) is 0 Å². The van der Waals surface area contributed by atoms with Crippen molar-refractivity contribution in [1.29, 1.82) is 0 Å². The zero-order valence-corrected chi connectivity index (χ0v) is 14.6. The fourth-order valence-corrected chi connectivity index (χ4v) is 7.83. The second-order valence-electron chi connectivity index (χ2n) is 10.1. The Morgan fingerprint density at radius 1 is 0.591 bits per heavy atom. The van der Waals surface area contributed by atoms with E-state index in [0.29, 0.717) is 0 Å². The summed E-state index contributed by atoms with van der Waals surface area (Å²) >= 11 is 0. The highest BCUT2D eigenvalue weighted by molar-refractivity contribution is 5.01. The van der Waals surface area contributed by atoms with Crippen LogP contribution in [0.1, 0.15) is 65.2 Å². The van der Waals surface area contributed by atoms with Crippen LogP contribution in [0.4, 0.5) is 0 Å². The first kappa shape index (κ1) is 14.3. The Hall–Kier alpha value is -0.0400. The minimum Gasteiger partial charge on any atom is -0.313 e. The molecule has 8 fully saturated rings. The first-order valence-electron chi connectivity index (χ1n) is 10.4. The van der Waals surface area contributed by atoms with E-state index >= 15 is 0 Å². The van der Waals surface area contributed by atoms with Gasteiger partial charge in [-0.2, -0.15) is 0 Å². The second-order valence-corrected chi connectivity index (χ2v) is 10.1. The Morgan fingerprint density at radius 2 is 1.36 bits per heavy atom. The van der Waals surface area contributed by atoms with Crippen LogP contribution in [0.2, 0.25) is 0 Å². The van der Waals surface area contributed by atoms with Crippen LogP contribution < -0.4 is 5.32 Å². The molecule has 1 aliphatic heterocycles. The summed E-state index contributed by atoms with van der Waals surface area (Å²) in [6.45, 7) is 6.53. The van der Waals surface area contributed by atoms with E-state index in [4.69, 9.17) is 0 Å². The maximum Gasteiger partial charge on any atom is 0.00988 e. The Kier molecular flexibility index (Phi) is 3.40. The predicted octanol–water partition coefficient (Wildman–Crippen LogP) is 4.72. The van der Waals surface area contributed by atoms with E-state index in [9.17, 15) is 0 Å². The van der Waals surface area contributed by atoms with Crippen LogP contribution in [0.25, 0.3) is 0 Å². The second kappa shape index (κ2) is 5.23. The highest BCUT2D eigenvalue weighted by Crippen LogP contribution is 2.55. The van der Waals surface area contributed by atoms with Crippen LogP contribution in [0.5, 0.6) is 0 Å². The minimum atomic E-state index is 0.890. The maximum atomic E-state index is 3.96. The highest BCUT2D eigenvalue weighted by atomic mass is 15.0. The van der Waals surface area contributed by atoms with Crippen molar-refractivity contribution in [3.8, 4) is 0 Å². The molecule has 7 saturated carbocycles. The Morgan fingerprint density at radius 3 is 2.18 bits per heavy atom. The Balaban J connectivity index is 1.43. The van der Waals surface area contributed by atoms with Crippen molar-refractivity contribution in [1.82, 2.24) is 5.32 Å². The van der Waals surface area contributed by atoms with Gasteiger partial charge in [-0.05, 0) is 111 Å². The van der Waals surface area contributed by atoms with Gasteiger partial charge in [-0.25, -0.2) is 0 Å². The lowest BCUT2D eigenvalue weighted by Crippen LogP contribution is -2.44. The molecule has 8 rings (SSSR count). The molecule has 1 heteroatoms. The summed E-state index contributed by atoms with van der Waals surface area (Å²) in [4.78, 5) is 0. The molecule has 0 aromatic heterocycles. The molecule has 0 aromatic carbocycles. The van der Waals surface area contributed by atoms with Gasteiger partial charge in [0.05, 0.1) is 0 Å². The highest BCUT2D eigenvalue weighted by Gasteiger charge is 2.49. The largest absolute Gasteiger partial charge is 0.313 e. The van der Waals surface area contributed by atoms with Gasteiger partial charge in [0.25, 0.3) is 0 Å². The average Bonchev–Trinajstić information content (AvgIpc) is 3.05. The molecular formula is C21H35N. The van der Waals surface area contributed by atoms with Gasteiger partial charge in [0.2, 0.25) is 0 Å². The molecule has 0 aromatic rings.